The zero-order valence-electron chi connectivity index (χ0n) is 12.1. The third kappa shape index (κ3) is 3.49. The van der Waals surface area contributed by atoms with Crippen LogP contribution in [0.5, 0.6) is 0 Å². The fourth-order valence-electron chi connectivity index (χ4n) is 2.99. The summed E-state index contributed by atoms with van der Waals surface area (Å²) in [5.74, 6) is -0.212. The van der Waals surface area contributed by atoms with Crippen LogP contribution in [0, 0.1) is 5.82 Å². The Bertz CT molecular complexity index is 567. The summed E-state index contributed by atoms with van der Waals surface area (Å²) in [6, 6.07) is 15.1. The molecule has 0 aliphatic carbocycles. The van der Waals surface area contributed by atoms with E-state index in [4.69, 9.17) is 5.73 Å². The molecule has 1 aliphatic heterocycles. The summed E-state index contributed by atoms with van der Waals surface area (Å²) < 4.78 is 13.0. The molecule has 0 aromatic heterocycles. The van der Waals surface area contributed by atoms with Crippen molar-refractivity contribution in [1.82, 2.24) is 4.90 Å². The van der Waals surface area contributed by atoms with Gasteiger partial charge in [-0.2, -0.15) is 0 Å². The quantitative estimate of drug-likeness (QED) is 0.939. The fourth-order valence-corrected chi connectivity index (χ4v) is 2.99. The third-order valence-corrected chi connectivity index (χ3v) is 4.27. The topological polar surface area (TPSA) is 29.3 Å². The third-order valence-electron chi connectivity index (χ3n) is 4.27. The van der Waals surface area contributed by atoms with E-state index in [0.717, 1.165) is 38.0 Å². The minimum absolute atomic E-state index is 0.0631. The molecule has 1 atom stereocenters. The van der Waals surface area contributed by atoms with Gasteiger partial charge >= 0.3 is 0 Å². The smallest absolute Gasteiger partial charge is 0.123 e. The van der Waals surface area contributed by atoms with Crippen LogP contribution in [0.3, 0.4) is 0 Å². The molecule has 3 rings (SSSR count). The van der Waals surface area contributed by atoms with E-state index < -0.39 is 0 Å². The molecule has 1 heterocycles. The first-order chi connectivity index (χ1) is 10.2. The lowest BCUT2D eigenvalue weighted by Gasteiger charge is -2.24. The summed E-state index contributed by atoms with van der Waals surface area (Å²) in [5, 5.41) is 0. The van der Waals surface area contributed by atoms with Crippen molar-refractivity contribution in [2.45, 2.75) is 18.9 Å². The zero-order valence-corrected chi connectivity index (χ0v) is 12.1. The molecule has 21 heavy (non-hydrogen) atoms. The molecule has 110 valence electrons. The monoisotopic (exact) mass is 284 g/mol. The van der Waals surface area contributed by atoms with E-state index in [1.807, 2.05) is 0 Å². The number of fused-ring (bicyclic) bond motifs is 1. The molecule has 2 aromatic carbocycles. The Balaban J connectivity index is 1.63. The Morgan fingerprint density at radius 1 is 0.952 bits per heavy atom. The maximum atomic E-state index is 13.0. The highest BCUT2D eigenvalue weighted by atomic mass is 19.1. The molecule has 2 aromatic rings. The molecular weight excluding hydrogens is 263 g/mol. The van der Waals surface area contributed by atoms with Crippen molar-refractivity contribution in [3.05, 3.63) is 71.0 Å². The molecule has 2 N–H and O–H groups in total. The van der Waals surface area contributed by atoms with Gasteiger partial charge in [0.25, 0.3) is 0 Å². The first-order valence-corrected chi connectivity index (χ1v) is 7.52. The van der Waals surface area contributed by atoms with Crippen molar-refractivity contribution >= 4 is 0 Å². The van der Waals surface area contributed by atoms with Gasteiger partial charge in [0.15, 0.2) is 0 Å². The second kappa shape index (κ2) is 6.37. The van der Waals surface area contributed by atoms with E-state index >= 15 is 0 Å². The Hall–Kier alpha value is -1.71. The molecule has 2 nitrogen and oxygen atoms in total. The van der Waals surface area contributed by atoms with Crippen LogP contribution in [0.4, 0.5) is 4.39 Å². The molecule has 0 amide bonds. The van der Waals surface area contributed by atoms with Crippen molar-refractivity contribution in [2.75, 3.05) is 19.6 Å². The predicted octanol–water partition coefficient (Wildman–Crippen LogP) is 2.93. The van der Waals surface area contributed by atoms with Gasteiger partial charge in [0.2, 0.25) is 0 Å². The van der Waals surface area contributed by atoms with Gasteiger partial charge in [-0.05, 0) is 41.7 Å². The average molecular weight is 284 g/mol. The predicted molar refractivity (Wildman–Crippen MR) is 83.6 cm³/mol. The number of benzene rings is 2. The van der Waals surface area contributed by atoms with Gasteiger partial charge in [-0.15, -0.1) is 0 Å². The number of hydrogen-bond acceptors (Lipinski definition) is 2. The van der Waals surface area contributed by atoms with Crippen molar-refractivity contribution in [3.8, 4) is 0 Å². The molecular formula is C18H21FN2. The van der Waals surface area contributed by atoms with Crippen molar-refractivity contribution in [1.29, 1.82) is 0 Å². The molecule has 0 saturated heterocycles. The van der Waals surface area contributed by atoms with Crippen LogP contribution in [0.2, 0.25) is 0 Å². The van der Waals surface area contributed by atoms with Gasteiger partial charge in [0, 0.05) is 25.7 Å². The number of nitrogens with two attached hydrogens (primary N) is 1. The van der Waals surface area contributed by atoms with Gasteiger partial charge < -0.3 is 10.6 Å². The van der Waals surface area contributed by atoms with Crippen LogP contribution in [0.25, 0.3) is 0 Å². The SMILES string of the molecule is NC(CN1CCc2ccccc2CC1)c1ccc(F)cc1. The Labute approximate surface area is 125 Å². The molecule has 0 bridgehead atoms. The normalized spacial score (nSPS) is 17.0. The summed E-state index contributed by atoms with van der Waals surface area (Å²) in [6.07, 6.45) is 2.15. The number of rotatable bonds is 3. The second-order valence-corrected chi connectivity index (χ2v) is 5.73. The summed E-state index contributed by atoms with van der Waals surface area (Å²) in [4.78, 5) is 2.41. The van der Waals surface area contributed by atoms with E-state index in [-0.39, 0.29) is 11.9 Å². The first kappa shape index (κ1) is 14.2. The lowest BCUT2D eigenvalue weighted by atomic mass is 10.0. The molecule has 3 heteroatoms. The highest BCUT2D eigenvalue weighted by molar-refractivity contribution is 5.28. The highest BCUT2D eigenvalue weighted by Crippen LogP contribution is 2.18. The molecule has 1 aliphatic rings. The van der Waals surface area contributed by atoms with E-state index in [1.54, 1.807) is 12.1 Å². The summed E-state index contributed by atoms with van der Waals surface area (Å²) in [6.45, 7) is 2.89. The van der Waals surface area contributed by atoms with Gasteiger partial charge in [-0.1, -0.05) is 36.4 Å². The Morgan fingerprint density at radius 2 is 1.52 bits per heavy atom. The van der Waals surface area contributed by atoms with Gasteiger partial charge in [0.1, 0.15) is 5.82 Å². The van der Waals surface area contributed by atoms with Crippen LogP contribution in [-0.4, -0.2) is 24.5 Å². The van der Waals surface area contributed by atoms with Crippen LogP contribution in [0.15, 0.2) is 48.5 Å². The maximum Gasteiger partial charge on any atom is 0.123 e. The van der Waals surface area contributed by atoms with Crippen LogP contribution >= 0.6 is 0 Å². The first-order valence-electron chi connectivity index (χ1n) is 7.52. The van der Waals surface area contributed by atoms with Crippen LogP contribution < -0.4 is 5.73 Å². The lowest BCUT2D eigenvalue weighted by molar-refractivity contribution is 0.270. The van der Waals surface area contributed by atoms with E-state index in [2.05, 4.69) is 29.2 Å². The second-order valence-electron chi connectivity index (χ2n) is 5.73. The number of nitrogens with zero attached hydrogens (tertiary/aromatic N) is 1. The average Bonchev–Trinajstić information content (AvgIpc) is 2.71. The van der Waals surface area contributed by atoms with E-state index in [9.17, 15) is 4.39 Å². The summed E-state index contributed by atoms with van der Waals surface area (Å²) in [7, 11) is 0. The Kier molecular flexibility index (Phi) is 4.32. The maximum absolute atomic E-state index is 13.0. The van der Waals surface area contributed by atoms with Crippen LogP contribution in [-0.2, 0) is 12.8 Å². The van der Waals surface area contributed by atoms with Crippen LogP contribution in [0.1, 0.15) is 22.7 Å². The zero-order chi connectivity index (χ0) is 14.7. The number of halogens is 1. The van der Waals surface area contributed by atoms with Gasteiger partial charge in [0.05, 0.1) is 0 Å². The van der Waals surface area contributed by atoms with E-state index in [1.165, 1.54) is 23.3 Å². The van der Waals surface area contributed by atoms with E-state index in [0.29, 0.717) is 0 Å². The fraction of sp³-hybridized carbons (Fsp3) is 0.333. The highest BCUT2D eigenvalue weighted by Gasteiger charge is 2.16. The molecule has 1 unspecified atom stereocenters. The molecule has 0 radical (unpaired) electrons. The Morgan fingerprint density at radius 3 is 2.10 bits per heavy atom. The molecule has 0 fully saturated rings. The van der Waals surface area contributed by atoms with Crippen molar-refractivity contribution in [3.63, 3.8) is 0 Å². The van der Waals surface area contributed by atoms with Gasteiger partial charge in [-0.25, -0.2) is 4.39 Å². The van der Waals surface area contributed by atoms with Gasteiger partial charge in [-0.3, -0.25) is 0 Å². The summed E-state index contributed by atoms with van der Waals surface area (Å²) >= 11 is 0. The van der Waals surface area contributed by atoms with Crippen molar-refractivity contribution in [2.24, 2.45) is 5.73 Å². The minimum Gasteiger partial charge on any atom is -0.323 e. The summed E-state index contributed by atoms with van der Waals surface area (Å²) in [5.41, 5.74) is 10.2. The molecule has 0 spiro atoms. The van der Waals surface area contributed by atoms with Crippen molar-refractivity contribution < 1.29 is 4.39 Å². The largest absolute Gasteiger partial charge is 0.323 e. The minimum atomic E-state index is -0.212. The number of hydrogen-bond donors (Lipinski definition) is 1. The standard InChI is InChI=1S/C18H21FN2/c19-17-7-5-16(6-8-17)18(20)13-21-11-9-14-3-1-2-4-15(14)10-12-21/h1-8,18H,9-13,20H2. The molecule has 0 saturated carbocycles. The lowest BCUT2D eigenvalue weighted by Crippen LogP contribution is -2.34.